The zero-order chi connectivity index (χ0) is 8.10. The van der Waals surface area contributed by atoms with Gasteiger partial charge in [-0.1, -0.05) is 17.3 Å². The minimum absolute atomic E-state index is 0.597. The van der Waals surface area contributed by atoms with Gasteiger partial charge in [-0.2, -0.15) is 5.26 Å². The van der Waals surface area contributed by atoms with Crippen molar-refractivity contribution in [2.24, 2.45) is 5.16 Å². The number of oxime groups is 1. The van der Waals surface area contributed by atoms with Crippen LogP contribution in [0.5, 0.6) is 0 Å². The number of hydrogen-bond acceptors (Lipinski definition) is 3. The summed E-state index contributed by atoms with van der Waals surface area (Å²) in [5.41, 5.74) is 1.37. The van der Waals surface area contributed by atoms with E-state index in [0.717, 1.165) is 5.56 Å². The van der Waals surface area contributed by atoms with Gasteiger partial charge in [0.05, 0.1) is 17.8 Å². The van der Waals surface area contributed by atoms with E-state index < -0.39 is 0 Å². The van der Waals surface area contributed by atoms with Gasteiger partial charge in [-0.05, 0) is 17.7 Å². The van der Waals surface area contributed by atoms with Crippen LogP contribution in [0.2, 0.25) is 0 Å². The van der Waals surface area contributed by atoms with Crippen LogP contribution in [0.4, 0.5) is 0 Å². The first-order valence-electron chi connectivity index (χ1n) is 3.04. The molecule has 0 fully saturated rings. The first-order chi connectivity index (χ1) is 5.36. The molecule has 0 unspecified atom stereocenters. The van der Waals surface area contributed by atoms with Crippen LogP contribution in [0.1, 0.15) is 11.1 Å². The van der Waals surface area contributed by atoms with Crippen molar-refractivity contribution >= 4 is 6.21 Å². The second kappa shape index (κ2) is 3.37. The van der Waals surface area contributed by atoms with E-state index in [4.69, 9.17) is 10.5 Å². The first-order valence-corrected chi connectivity index (χ1v) is 3.04. The van der Waals surface area contributed by atoms with Crippen LogP contribution in [0.25, 0.3) is 0 Å². The van der Waals surface area contributed by atoms with Gasteiger partial charge in [0, 0.05) is 0 Å². The summed E-state index contributed by atoms with van der Waals surface area (Å²) in [4.78, 5) is 0. The largest absolute Gasteiger partial charge is 0.411 e. The molecule has 1 aromatic carbocycles. The number of hydrogen-bond donors (Lipinski definition) is 1. The molecule has 0 amide bonds. The van der Waals surface area contributed by atoms with Gasteiger partial charge >= 0.3 is 0 Å². The monoisotopic (exact) mass is 146 g/mol. The second-order valence-electron chi connectivity index (χ2n) is 1.98. The van der Waals surface area contributed by atoms with E-state index in [1.54, 1.807) is 24.3 Å². The maximum Gasteiger partial charge on any atom is 0.0991 e. The van der Waals surface area contributed by atoms with E-state index in [1.807, 2.05) is 6.07 Å². The highest BCUT2D eigenvalue weighted by molar-refractivity contribution is 5.79. The minimum atomic E-state index is 0.597. The molecule has 0 aliphatic heterocycles. The lowest BCUT2D eigenvalue weighted by molar-refractivity contribution is 0.322. The van der Waals surface area contributed by atoms with E-state index in [2.05, 4.69) is 5.16 Å². The Morgan fingerprint density at radius 3 is 2.45 bits per heavy atom. The molecule has 0 saturated carbocycles. The number of benzene rings is 1. The van der Waals surface area contributed by atoms with E-state index in [1.165, 1.54) is 6.21 Å². The highest BCUT2D eigenvalue weighted by Gasteiger charge is 1.88. The summed E-state index contributed by atoms with van der Waals surface area (Å²) in [6.07, 6.45) is 1.31. The SMILES string of the molecule is N#Cc1ccc(/C=N\O)cc1. The van der Waals surface area contributed by atoms with Gasteiger partial charge in [0.2, 0.25) is 0 Å². The molecule has 3 nitrogen and oxygen atoms in total. The van der Waals surface area contributed by atoms with Crippen molar-refractivity contribution in [3.63, 3.8) is 0 Å². The lowest BCUT2D eigenvalue weighted by Gasteiger charge is -1.89. The molecular weight excluding hydrogens is 140 g/mol. The average Bonchev–Trinajstić information content (AvgIpc) is 2.07. The van der Waals surface area contributed by atoms with Crippen molar-refractivity contribution in [1.82, 2.24) is 0 Å². The van der Waals surface area contributed by atoms with Crippen molar-refractivity contribution in [3.05, 3.63) is 35.4 Å². The number of nitrogens with zero attached hydrogens (tertiary/aromatic N) is 2. The second-order valence-corrected chi connectivity index (χ2v) is 1.98. The molecule has 0 saturated heterocycles. The maximum atomic E-state index is 8.43. The fourth-order valence-electron chi connectivity index (χ4n) is 0.710. The molecule has 1 rings (SSSR count). The fraction of sp³-hybridized carbons (Fsp3) is 0. The molecule has 0 bridgehead atoms. The van der Waals surface area contributed by atoms with Gasteiger partial charge in [-0.25, -0.2) is 0 Å². The van der Waals surface area contributed by atoms with Crippen LogP contribution in [-0.2, 0) is 0 Å². The average molecular weight is 146 g/mol. The van der Waals surface area contributed by atoms with Gasteiger partial charge in [-0.15, -0.1) is 0 Å². The Morgan fingerprint density at radius 1 is 1.36 bits per heavy atom. The Hall–Kier alpha value is -1.82. The van der Waals surface area contributed by atoms with Crippen LogP contribution in [0.3, 0.4) is 0 Å². The van der Waals surface area contributed by atoms with E-state index in [0.29, 0.717) is 5.56 Å². The third-order valence-electron chi connectivity index (χ3n) is 1.25. The summed E-state index contributed by atoms with van der Waals surface area (Å²) < 4.78 is 0. The van der Waals surface area contributed by atoms with Crippen LogP contribution in [0.15, 0.2) is 29.4 Å². The summed E-state index contributed by atoms with van der Waals surface area (Å²) >= 11 is 0. The molecule has 0 atom stereocenters. The van der Waals surface area contributed by atoms with Gasteiger partial charge < -0.3 is 5.21 Å². The molecule has 0 aliphatic rings. The Morgan fingerprint density at radius 2 is 2.00 bits per heavy atom. The predicted molar refractivity (Wildman–Crippen MR) is 40.5 cm³/mol. The van der Waals surface area contributed by atoms with Crippen LogP contribution in [-0.4, -0.2) is 11.4 Å². The Kier molecular flexibility index (Phi) is 2.24. The minimum Gasteiger partial charge on any atom is -0.411 e. The Bertz CT molecular complexity index is 295. The molecule has 0 heterocycles. The Labute approximate surface area is 64.2 Å². The van der Waals surface area contributed by atoms with E-state index in [9.17, 15) is 0 Å². The third-order valence-corrected chi connectivity index (χ3v) is 1.25. The summed E-state index contributed by atoms with van der Waals surface area (Å²) in [7, 11) is 0. The van der Waals surface area contributed by atoms with Crippen molar-refractivity contribution in [1.29, 1.82) is 5.26 Å². The quantitative estimate of drug-likeness (QED) is 0.369. The van der Waals surface area contributed by atoms with E-state index >= 15 is 0 Å². The topological polar surface area (TPSA) is 56.4 Å². The molecule has 11 heavy (non-hydrogen) atoms. The summed E-state index contributed by atoms with van der Waals surface area (Å²) in [5.74, 6) is 0. The molecule has 3 heteroatoms. The molecule has 54 valence electrons. The van der Waals surface area contributed by atoms with E-state index in [-0.39, 0.29) is 0 Å². The zero-order valence-corrected chi connectivity index (χ0v) is 5.73. The Balaban J connectivity index is 2.94. The standard InChI is InChI=1S/C8H6N2O/c9-5-7-1-3-8(4-2-7)6-10-11/h1-4,6,11H/b10-6-. The van der Waals surface area contributed by atoms with Gasteiger partial charge in [0.15, 0.2) is 0 Å². The lowest BCUT2D eigenvalue weighted by Crippen LogP contribution is -1.80. The molecule has 0 radical (unpaired) electrons. The summed E-state index contributed by atoms with van der Waals surface area (Å²) in [5, 5.41) is 19.4. The van der Waals surface area contributed by atoms with Crippen molar-refractivity contribution in [2.45, 2.75) is 0 Å². The van der Waals surface area contributed by atoms with Crippen LogP contribution >= 0.6 is 0 Å². The van der Waals surface area contributed by atoms with Gasteiger partial charge in [-0.3, -0.25) is 0 Å². The van der Waals surface area contributed by atoms with Crippen LogP contribution < -0.4 is 0 Å². The smallest absolute Gasteiger partial charge is 0.0991 e. The first kappa shape index (κ1) is 7.29. The zero-order valence-electron chi connectivity index (χ0n) is 5.73. The van der Waals surface area contributed by atoms with Crippen LogP contribution in [0, 0.1) is 11.3 Å². The number of nitriles is 1. The molecule has 1 N–H and O–H groups in total. The molecule has 0 aliphatic carbocycles. The normalized spacial score (nSPS) is 9.73. The lowest BCUT2D eigenvalue weighted by atomic mass is 10.2. The third kappa shape index (κ3) is 1.80. The summed E-state index contributed by atoms with van der Waals surface area (Å²) in [6, 6.07) is 8.73. The van der Waals surface area contributed by atoms with Gasteiger partial charge in [0.1, 0.15) is 0 Å². The molecule has 1 aromatic rings. The van der Waals surface area contributed by atoms with Crippen molar-refractivity contribution in [3.8, 4) is 6.07 Å². The molecule has 0 spiro atoms. The fourth-order valence-corrected chi connectivity index (χ4v) is 0.710. The van der Waals surface area contributed by atoms with Crippen molar-refractivity contribution in [2.75, 3.05) is 0 Å². The van der Waals surface area contributed by atoms with Crippen molar-refractivity contribution < 1.29 is 5.21 Å². The highest BCUT2D eigenvalue weighted by atomic mass is 16.4. The molecule has 0 aromatic heterocycles. The summed E-state index contributed by atoms with van der Waals surface area (Å²) in [6.45, 7) is 0. The number of rotatable bonds is 1. The predicted octanol–water partition coefficient (Wildman–Crippen LogP) is 1.37. The molecular formula is C8H6N2O. The maximum absolute atomic E-state index is 8.43. The highest BCUT2D eigenvalue weighted by Crippen LogP contribution is 1.99. The van der Waals surface area contributed by atoms with Gasteiger partial charge in [0.25, 0.3) is 0 Å².